The topological polar surface area (TPSA) is 56.1 Å². The normalized spacial score (nSPS) is 12.1. The van der Waals surface area contributed by atoms with Gasteiger partial charge in [-0.2, -0.15) is 5.10 Å². The summed E-state index contributed by atoms with van der Waals surface area (Å²) in [5.74, 6) is -0.132. The molecular formula is C19H21N3O2S. The fourth-order valence-corrected chi connectivity index (χ4v) is 3.35. The van der Waals surface area contributed by atoms with Gasteiger partial charge in [0.05, 0.1) is 23.6 Å². The molecule has 1 amide bonds. The zero-order valence-corrected chi connectivity index (χ0v) is 15.1. The molecule has 0 radical (unpaired) electrons. The Hall–Kier alpha value is -2.44. The number of nitrogens with one attached hydrogen (secondary N) is 1. The Kier molecular flexibility index (Phi) is 5.63. The van der Waals surface area contributed by atoms with Crippen molar-refractivity contribution in [2.45, 2.75) is 19.5 Å². The van der Waals surface area contributed by atoms with Crippen molar-refractivity contribution in [2.24, 2.45) is 0 Å². The molecule has 1 N–H and O–H groups in total. The van der Waals surface area contributed by atoms with E-state index in [1.807, 2.05) is 65.6 Å². The molecule has 3 rings (SSSR count). The van der Waals surface area contributed by atoms with Crippen LogP contribution in [0.2, 0.25) is 0 Å². The fourth-order valence-electron chi connectivity index (χ4n) is 2.63. The first kappa shape index (κ1) is 17.4. The molecule has 25 heavy (non-hydrogen) atoms. The van der Waals surface area contributed by atoms with Crippen molar-refractivity contribution in [3.63, 3.8) is 0 Å². The Balaban J connectivity index is 1.88. The van der Waals surface area contributed by atoms with Crippen molar-refractivity contribution >= 4 is 17.2 Å². The lowest BCUT2D eigenvalue weighted by Gasteiger charge is -2.12. The molecule has 1 atom stereocenters. The Labute approximate surface area is 151 Å². The SMILES string of the molecule is COC[C@H](C)NC(=O)c1cn(Cc2ccccc2)nc1-c1cccs1. The van der Waals surface area contributed by atoms with E-state index in [-0.39, 0.29) is 11.9 Å². The Morgan fingerprint density at radius 3 is 2.76 bits per heavy atom. The number of hydrogen-bond donors (Lipinski definition) is 1. The molecule has 2 heterocycles. The van der Waals surface area contributed by atoms with E-state index in [9.17, 15) is 4.79 Å². The molecule has 0 saturated carbocycles. The minimum absolute atomic E-state index is 0.0637. The molecule has 130 valence electrons. The number of thiophene rings is 1. The van der Waals surface area contributed by atoms with Crippen molar-refractivity contribution in [3.05, 3.63) is 65.2 Å². The lowest BCUT2D eigenvalue weighted by molar-refractivity contribution is 0.0906. The van der Waals surface area contributed by atoms with Gasteiger partial charge in [0.1, 0.15) is 5.69 Å². The predicted molar refractivity (Wildman–Crippen MR) is 99.9 cm³/mol. The van der Waals surface area contributed by atoms with Gasteiger partial charge in [0, 0.05) is 19.3 Å². The van der Waals surface area contributed by atoms with Crippen LogP contribution in [0.25, 0.3) is 10.6 Å². The van der Waals surface area contributed by atoms with Crippen molar-refractivity contribution in [1.29, 1.82) is 0 Å². The monoisotopic (exact) mass is 355 g/mol. The molecule has 2 aromatic heterocycles. The Bertz CT molecular complexity index is 813. The van der Waals surface area contributed by atoms with E-state index in [0.717, 1.165) is 10.4 Å². The highest BCUT2D eigenvalue weighted by molar-refractivity contribution is 7.13. The van der Waals surface area contributed by atoms with Crippen LogP contribution in [-0.4, -0.2) is 35.4 Å². The quantitative estimate of drug-likeness (QED) is 0.706. The van der Waals surface area contributed by atoms with Crippen LogP contribution < -0.4 is 5.32 Å². The van der Waals surface area contributed by atoms with Gasteiger partial charge in [-0.05, 0) is 23.9 Å². The lowest BCUT2D eigenvalue weighted by Crippen LogP contribution is -2.35. The largest absolute Gasteiger partial charge is 0.383 e. The van der Waals surface area contributed by atoms with E-state index in [1.54, 1.807) is 18.4 Å². The van der Waals surface area contributed by atoms with Crippen molar-refractivity contribution in [2.75, 3.05) is 13.7 Å². The summed E-state index contributed by atoms with van der Waals surface area (Å²) in [6, 6.07) is 14.0. The minimum Gasteiger partial charge on any atom is -0.383 e. The van der Waals surface area contributed by atoms with E-state index in [0.29, 0.717) is 24.4 Å². The molecule has 0 aliphatic carbocycles. The standard InChI is InChI=1S/C19H21N3O2S/c1-14(13-24-2)20-19(23)16-12-22(11-15-7-4-3-5-8-15)21-18(16)17-9-6-10-25-17/h3-10,12,14H,11,13H2,1-2H3,(H,20,23)/t14-/m0/s1. The highest BCUT2D eigenvalue weighted by atomic mass is 32.1. The zero-order chi connectivity index (χ0) is 17.6. The first-order chi connectivity index (χ1) is 12.2. The molecule has 3 aromatic rings. The second kappa shape index (κ2) is 8.09. The van der Waals surface area contributed by atoms with Gasteiger partial charge in [-0.3, -0.25) is 9.48 Å². The van der Waals surface area contributed by atoms with E-state index in [2.05, 4.69) is 10.4 Å². The highest BCUT2D eigenvalue weighted by Gasteiger charge is 2.20. The molecule has 0 aliphatic heterocycles. The number of carbonyl (C=O) groups is 1. The van der Waals surface area contributed by atoms with Crippen LogP contribution in [0.1, 0.15) is 22.8 Å². The number of aromatic nitrogens is 2. The summed E-state index contributed by atoms with van der Waals surface area (Å²) < 4.78 is 6.91. The summed E-state index contributed by atoms with van der Waals surface area (Å²) in [6.45, 7) is 3.01. The van der Waals surface area contributed by atoms with Gasteiger partial charge in [-0.25, -0.2) is 0 Å². The van der Waals surface area contributed by atoms with Gasteiger partial charge in [-0.15, -0.1) is 11.3 Å². The molecule has 6 heteroatoms. The van der Waals surface area contributed by atoms with Crippen LogP contribution in [0, 0.1) is 0 Å². The first-order valence-electron chi connectivity index (χ1n) is 8.12. The maximum Gasteiger partial charge on any atom is 0.255 e. The number of hydrogen-bond acceptors (Lipinski definition) is 4. The third-order valence-electron chi connectivity index (χ3n) is 3.74. The van der Waals surface area contributed by atoms with Gasteiger partial charge in [0.25, 0.3) is 5.91 Å². The summed E-state index contributed by atoms with van der Waals surface area (Å²) in [5, 5.41) is 9.61. The third-order valence-corrected chi connectivity index (χ3v) is 4.62. The van der Waals surface area contributed by atoms with Crippen molar-refractivity contribution in [1.82, 2.24) is 15.1 Å². The molecule has 0 saturated heterocycles. The summed E-state index contributed by atoms with van der Waals surface area (Å²) in [7, 11) is 1.62. The highest BCUT2D eigenvalue weighted by Crippen LogP contribution is 2.27. The Morgan fingerprint density at radius 2 is 2.08 bits per heavy atom. The van der Waals surface area contributed by atoms with E-state index >= 15 is 0 Å². The number of methoxy groups -OCH3 is 1. The summed E-state index contributed by atoms with van der Waals surface area (Å²) >= 11 is 1.58. The number of rotatable bonds is 7. The van der Waals surface area contributed by atoms with Crippen LogP contribution in [0.4, 0.5) is 0 Å². The van der Waals surface area contributed by atoms with Gasteiger partial charge in [0.2, 0.25) is 0 Å². The molecule has 0 bridgehead atoms. The molecule has 5 nitrogen and oxygen atoms in total. The molecule has 1 aromatic carbocycles. The molecule has 0 fully saturated rings. The second-order valence-electron chi connectivity index (χ2n) is 5.88. The Morgan fingerprint density at radius 1 is 1.28 bits per heavy atom. The number of carbonyl (C=O) groups excluding carboxylic acids is 1. The lowest BCUT2D eigenvalue weighted by atomic mass is 10.2. The maximum absolute atomic E-state index is 12.7. The van der Waals surface area contributed by atoms with Crippen molar-refractivity contribution in [3.8, 4) is 10.6 Å². The van der Waals surface area contributed by atoms with Crippen molar-refractivity contribution < 1.29 is 9.53 Å². The van der Waals surface area contributed by atoms with E-state index < -0.39 is 0 Å². The first-order valence-corrected chi connectivity index (χ1v) is 9.00. The summed E-state index contributed by atoms with van der Waals surface area (Å²) in [5.41, 5.74) is 2.44. The second-order valence-corrected chi connectivity index (χ2v) is 6.83. The molecular weight excluding hydrogens is 334 g/mol. The maximum atomic E-state index is 12.7. The summed E-state index contributed by atoms with van der Waals surface area (Å²) in [4.78, 5) is 13.7. The van der Waals surface area contributed by atoms with Gasteiger partial charge >= 0.3 is 0 Å². The average molecular weight is 355 g/mol. The third kappa shape index (κ3) is 4.35. The number of benzene rings is 1. The van der Waals surface area contributed by atoms with E-state index in [1.165, 1.54) is 0 Å². The smallest absolute Gasteiger partial charge is 0.255 e. The van der Waals surface area contributed by atoms with Gasteiger partial charge < -0.3 is 10.1 Å². The number of ether oxygens (including phenoxy) is 1. The van der Waals surface area contributed by atoms with Gasteiger partial charge in [0.15, 0.2) is 0 Å². The summed E-state index contributed by atoms with van der Waals surface area (Å²) in [6.07, 6.45) is 1.82. The van der Waals surface area contributed by atoms with Crippen LogP contribution >= 0.6 is 11.3 Å². The van der Waals surface area contributed by atoms with Crippen LogP contribution in [0.15, 0.2) is 54.0 Å². The predicted octanol–water partition coefficient (Wildman–Crippen LogP) is 3.42. The zero-order valence-electron chi connectivity index (χ0n) is 14.3. The van der Waals surface area contributed by atoms with Crippen LogP contribution in [0.3, 0.4) is 0 Å². The number of nitrogens with zero attached hydrogens (tertiary/aromatic N) is 2. The van der Waals surface area contributed by atoms with Crippen LogP contribution in [0.5, 0.6) is 0 Å². The number of amides is 1. The van der Waals surface area contributed by atoms with Gasteiger partial charge in [-0.1, -0.05) is 36.4 Å². The minimum atomic E-state index is -0.132. The fraction of sp³-hybridized carbons (Fsp3) is 0.263. The van der Waals surface area contributed by atoms with Crippen LogP contribution in [-0.2, 0) is 11.3 Å². The van der Waals surface area contributed by atoms with E-state index in [4.69, 9.17) is 4.74 Å². The molecule has 0 aliphatic rings. The molecule has 0 unspecified atom stereocenters. The molecule has 0 spiro atoms. The average Bonchev–Trinajstić information content (AvgIpc) is 3.25.